The summed E-state index contributed by atoms with van der Waals surface area (Å²) < 4.78 is 0. The highest BCUT2D eigenvalue weighted by molar-refractivity contribution is 5.79. The van der Waals surface area contributed by atoms with E-state index in [1.807, 2.05) is 24.3 Å². The van der Waals surface area contributed by atoms with Crippen LogP contribution in [0.5, 0.6) is 0 Å². The van der Waals surface area contributed by atoms with E-state index in [1.165, 1.54) is 11.1 Å². The minimum Gasteiger partial charge on any atom is -0.399 e. The van der Waals surface area contributed by atoms with E-state index in [-0.39, 0.29) is 11.9 Å². The number of fused-ring (bicyclic) bond motifs is 1. The maximum atomic E-state index is 12.1. The lowest BCUT2D eigenvalue weighted by atomic mass is 9.88. The van der Waals surface area contributed by atoms with E-state index in [9.17, 15) is 4.79 Å². The SMILES string of the molecule is Nc1ccc(CC(=O)NC2CCc3ccccc3C2)cc1. The van der Waals surface area contributed by atoms with Gasteiger partial charge in [-0.2, -0.15) is 0 Å². The van der Waals surface area contributed by atoms with Crippen molar-refractivity contribution in [1.29, 1.82) is 0 Å². The Morgan fingerprint density at radius 1 is 1.10 bits per heavy atom. The highest BCUT2D eigenvalue weighted by Gasteiger charge is 2.19. The van der Waals surface area contributed by atoms with Crippen LogP contribution in [0.1, 0.15) is 23.1 Å². The second kappa shape index (κ2) is 6.00. The Balaban J connectivity index is 1.57. The van der Waals surface area contributed by atoms with E-state index in [0.717, 1.165) is 30.5 Å². The third-order valence-corrected chi connectivity index (χ3v) is 4.06. The number of nitrogen functional groups attached to an aromatic ring is 1. The van der Waals surface area contributed by atoms with E-state index >= 15 is 0 Å². The number of hydrogen-bond donors (Lipinski definition) is 2. The van der Waals surface area contributed by atoms with E-state index in [4.69, 9.17) is 5.73 Å². The van der Waals surface area contributed by atoms with Crippen LogP contribution in [0.25, 0.3) is 0 Å². The molecule has 2 aromatic rings. The summed E-state index contributed by atoms with van der Waals surface area (Å²) in [7, 11) is 0. The average Bonchev–Trinajstić information content (AvgIpc) is 2.49. The van der Waals surface area contributed by atoms with Gasteiger partial charge in [-0.15, -0.1) is 0 Å². The van der Waals surface area contributed by atoms with Gasteiger partial charge >= 0.3 is 0 Å². The second-order valence-electron chi connectivity index (χ2n) is 5.69. The number of aryl methyl sites for hydroxylation is 1. The molecule has 0 spiro atoms. The minimum absolute atomic E-state index is 0.0872. The van der Waals surface area contributed by atoms with Crippen molar-refractivity contribution in [3.8, 4) is 0 Å². The minimum atomic E-state index is 0.0872. The molecule has 0 saturated carbocycles. The predicted octanol–water partition coefficient (Wildman–Crippen LogP) is 2.49. The third kappa shape index (κ3) is 3.43. The Labute approximate surface area is 125 Å². The molecule has 0 aromatic heterocycles. The summed E-state index contributed by atoms with van der Waals surface area (Å²) in [5.41, 5.74) is 10.2. The fourth-order valence-electron chi connectivity index (χ4n) is 2.92. The largest absolute Gasteiger partial charge is 0.399 e. The molecule has 21 heavy (non-hydrogen) atoms. The number of carbonyl (C=O) groups is 1. The molecule has 0 radical (unpaired) electrons. The van der Waals surface area contributed by atoms with Crippen LogP contribution in [0.4, 0.5) is 5.69 Å². The van der Waals surface area contributed by atoms with E-state index < -0.39 is 0 Å². The molecule has 3 nitrogen and oxygen atoms in total. The number of carbonyl (C=O) groups excluding carboxylic acids is 1. The molecular formula is C18H20N2O. The number of rotatable bonds is 3. The van der Waals surface area contributed by atoms with Gasteiger partial charge in [-0.3, -0.25) is 4.79 Å². The first kappa shape index (κ1) is 13.7. The van der Waals surface area contributed by atoms with Gasteiger partial charge in [0.25, 0.3) is 0 Å². The Hall–Kier alpha value is -2.29. The molecule has 0 aliphatic heterocycles. The number of amides is 1. The molecule has 0 bridgehead atoms. The van der Waals surface area contributed by atoms with E-state index in [2.05, 4.69) is 29.6 Å². The van der Waals surface area contributed by atoms with Gasteiger partial charge in [0, 0.05) is 11.7 Å². The molecule has 1 atom stereocenters. The third-order valence-electron chi connectivity index (χ3n) is 4.06. The van der Waals surface area contributed by atoms with Crippen molar-refractivity contribution in [2.24, 2.45) is 0 Å². The summed E-state index contributed by atoms with van der Waals surface area (Å²) in [6.07, 6.45) is 3.41. The van der Waals surface area contributed by atoms with Crippen LogP contribution in [0, 0.1) is 0 Å². The zero-order valence-electron chi connectivity index (χ0n) is 12.0. The van der Waals surface area contributed by atoms with Crippen LogP contribution < -0.4 is 11.1 Å². The van der Waals surface area contributed by atoms with Crippen molar-refractivity contribution >= 4 is 11.6 Å². The molecule has 1 amide bonds. The maximum absolute atomic E-state index is 12.1. The van der Waals surface area contributed by atoms with Gasteiger partial charge in [-0.1, -0.05) is 36.4 Å². The van der Waals surface area contributed by atoms with Crippen molar-refractivity contribution < 1.29 is 4.79 Å². The van der Waals surface area contributed by atoms with Crippen LogP contribution in [0.3, 0.4) is 0 Å². The van der Waals surface area contributed by atoms with Gasteiger partial charge in [-0.05, 0) is 48.1 Å². The van der Waals surface area contributed by atoms with Crippen LogP contribution >= 0.6 is 0 Å². The summed E-state index contributed by atoms with van der Waals surface area (Å²) in [6.45, 7) is 0. The Bertz CT molecular complexity index is 634. The predicted molar refractivity (Wildman–Crippen MR) is 85.0 cm³/mol. The Morgan fingerprint density at radius 3 is 2.57 bits per heavy atom. The monoisotopic (exact) mass is 280 g/mol. The fraction of sp³-hybridized carbons (Fsp3) is 0.278. The number of nitrogens with one attached hydrogen (secondary N) is 1. The summed E-state index contributed by atoms with van der Waals surface area (Å²) in [5.74, 6) is 0.0872. The van der Waals surface area contributed by atoms with Crippen LogP contribution in [-0.2, 0) is 24.1 Å². The molecule has 3 heteroatoms. The lowest BCUT2D eigenvalue weighted by Gasteiger charge is -2.25. The fourth-order valence-corrected chi connectivity index (χ4v) is 2.92. The summed E-state index contributed by atoms with van der Waals surface area (Å²) in [4.78, 5) is 12.1. The molecule has 0 fully saturated rings. The molecule has 0 heterocycles. The zero-order valence-corrected chi connectivity index (χ0v) is 12.0. The quantitative estimate of drug-likeness (QED) is 0.849. The van der Waals surface area contributed by atoms with Crippen LogP contribution in [-0.4, -0.2) is 11.9 Å². The normalized spacial score (nSPS) is 17.0. The molecule has 3 N–H and O–H groups in total. The highest BCUT2D eigenvalue weighted by atomic mass is 16.1. The Kier molecular flexibility index (Phi) is 3.91. The molecule has 1 aliphatic rings. The summed E-state index contributed by atoms with van der Waals surface area (Å²) in [5, 5.41) is 3.15. The molecular weight excluding hydrogens is 260 g/mol. The average molecular weight is 280 g/mol. The van der Waals surface area contributed by atoms with Gasteiger partial charge in [0.15, 0.2) is 0 Å². The van der Waals surface area contributed by atoms with Crippen molar-refractivity contribution in [1.82, 2.24) is 5.32 Å². The lowest BCUT2D eigenvalue weighted by molar-refractivity contribution is -0.121. The number of nitrogens with two attached hydrogens (primary N) is 1. The van der Waals surface area contributed by atoms with Gasteiger partial charge in [0.05, 0.1) is 6.42 Å². The molecule has 1 unspecified atom stereocenters. The molecule has 3 rings (SSSR count). The molecule has 0 saturated heterocycles. The lowest BCUT2D eigenvalue weighted by Crippen LogP contribution is -2.39. The topological polar surface area (TPSA) is 55.1 Å². The second-order valence-corrected chi connectivity index (χ2v) is 5.69. The van der Waals surface area contributed by atoms with Gasteiger partial charge in [-0.25, -0.2) is 0 Å². The molecule has 2 aromatic carbocycles. The number of anilines is 1. The number of hydrogen-bond acceptors (Lipinski definition) is 2. The van der Waals surface area contributed by atoms with Crippen molar-refractivity contribution in [3.05, 3.63) is 65.2 Å². The maximum Gasteiger partial charge on any atom is 0.224 e. The standard InChI is InChI=1S/C18H20N2O/c19-16-8-5-13(6-9-16)11-18(21)20-17-10-7-14-3-1-2-4-15(14)12-17/h1-6,8-9,17H,7,10-12,19H2,(H,20,21). The summed E-state index contributed by atoms with van der Waals surface area (Å²) in [6, 6.07) is 16.2. The Morgan fingerprint density at radius 2 is 1.81 bits per heavy atom. The van der Waals surface area contributed by atoms with Crippen LogP contribution in [0.2, 0.25) is 0 Å². The zero-order chi connectivity index (χ0) is 14.7. The van der Waals surface area contributed by atoms with E-state index in [0.29, 0.717) is 6.42 Å². The van der Waals surface area contributed by atoms with Gasteiger partial charge in [0.1, 0.15) is 0 Å². The highest BCUT2D eigenvalue weighted by Crippen LogP contribution is 2.21. The van der Waals surface area contributed by atoms with Crippen molar-refractivity contribution in [3.63, 3.8) is 0 Å². The summed E-state index contributed by atoms with van der Waals surface area (Å²) >= 11 is 0. The van der Waals surface area contributed by atoms with Crippen molar-refractivity contribution in [2.45, 2.75) is 31.7 Å². The first-order valence-corrected chi connectivity index (χ1v) is 7.41. The van der Waals surface area contributed by atoms with Crippen LogP contribution in [0.15, 0.2) is 48.5 Å². The van der Waals surface area contributed by atoms with E-state index in [1.54, 1.807) is 0 Å². The molecule has 1 aliphatic carbocycles. The number of benzene rings is 2. The first-order valence-electron chi connectivity index (χ1n) is 7.41. The first-order chi connectivity index (χ1) is 10.2. The smallest absolute Gasteiger partial charge is 0.224 e. The van der Waals surface area contributed by atoms with Gasteiger partial charge < -0.3 is 11.1 Å². The van der Waals surface area contributed by atoms with Crippen molar-refractivity contribution in [2.75, 3.05) is 5.73 Å². The van der Waals surface area contributed by atoms with Gasteiger partial charge in [0.2, 0.25) is 5.91 Å². The molecule has 108 valence electrons.